The first kappa shape index (κ1) is 26.4. The maximum atomic E-state index is 11.9. The second-order valence-corrected chi connectivity index (χ2v) is 11.3. The van der Waals surface area contributed by atoms with E-state index in [1.165, 1.54) is 7.11 Å². The maximum Gasteiger partial charge on any atom is 0.337 e. The number of aryl methyl sites for hydroxylation is 1. The van der Waals surface area contributed by atoms with E-state index in [2.05, 4.69) is 19.6 Å². The van der Waals surface area contributed by atoms with Crippen LogP contribution >= 0.6 is 12.2 Å². The Morgan fingerprint density at radius 2 is 1.79 bits per heavy atom. The minimum Gasteiger partial charge on any atom is -0.465 e. The fourth-order valence-electron chi connectivity index (χ4n) is 4.79. The zero-order chi connectivity index (χ0) is 27.7. The van der Waals surface area contributed by atoms with Gasteiger partial charge in [-0.2, -0.15) is 0 Å². The van der Waals surface area contributed by atoms with Gasteiger partial charge in [-0.3, -0.25) is 9.71 Å². The highest BCUT2D eigenvalue weighted by Gasteiger charge is 2.42. The number of benzene rings is 2. The summed E-state index contributed by atoms with van der Waals surface area (Å²) >= 11 is 5.85. The highest BCUT2D eigenvalue weighted by Crippen LogP contribution is 2.43. The van der Waals surface area contributed by atoms with Crippen molar-refractivity contribution in [2.24, 2.45) is 0 Å². The summed E-state index contributed by atoms with van der Waals surface area (Å²) in [6, 6.07) is 21.9. The van der Waals surface area contributed by atoms with Gasteiger partial charge in [-0.25, -0.2) is 13.2 Å². The molecule has 0 radical (unpaired) electrons. The molecule has 1 aliphatic rings. The largest absolute Gasteiger partial charge is 0.465 e. The minimum absolute atomic E-state index is 0.268. The average molecular weight is 562 g/mol. The third-order valence-electron chi connectivity index (χ3n) is 6.53. The topological polar surface area (TPSA) is 106 Å². The number of nitrogens with one attached hydrogen (secondary N) is 2. The van der Waals surface area contributed by atoms with Crippen LogP contribution in [0.25, 0.3) is 5.69 Å². The molecule has 2 atom stereocenters. The monoisotopic (exact) mass is 561 g/mol. The van der Waals surface area contributed by atoms with Crippen molar-refractivity contribution in [3.8, 4) is 5.69 Å². The number of sulfonamides is 1. The molecule has 1 aliphatic heterocycles. The number of aromatic nitrogens is 2. The first-order valence-electron chi connectivity index (χ1n) is 12.1. The number of hydrogen-bond acceptors (Lipinski definition) is 6. The van der Waals surface area contributed by atoms with E-state index in [0.717, 1.165) is 34.6 Å². The van der Waals surface area contributed by atoms with Gasteiger partial charge in [-0.15, -0.1) is 0 Å². The van der Waals surface area contributed by atoms with Gasteiger partial charge in [0.2, 0.25) is 10.0 Å². The van der Waals surface area contributed by atoms with E-state index in [0.29, 0.717) is 16.4 Å². The molecular formula is C28H27N5O4S2. The Kier molecular flexibility index (Phi) is 7.11. The summed E-state index contributed by atoms with van der Waals surface area (Å²) in [6.07, 6.45) is 4.83. The van der Waals surface area contributed by atoms with Crippen LogP contribution in [0.15, 0.2) is 85.2 Å². The second-order valence-electron chi connectivity index (χ2n) is 9.21. The number of carbonyl (C=O) groups is 1. The van der Waals surface area contributed by atoms with Crippen molar-refractivity contribution in [3.63, 3.8) is 0 Å². The fraction of sp³-hybridized carbons (Fsp3) is 0.179. The number of rotatable bonds is 7. The number of carbonyl (C=O) groups excluding carboxylic acids is 1. The van der Waals surface area contributed by atoms with Gasteiger partial charge in [-0.05, 0) is 91.4 Å². The number of nitrogens with zero attached hydrogens (tertiary/aromatic N) is 3. The van der Waals surface area contributed by atoms with Gasteiger partial charge in [0.15, 0.2) is 5.11 Å². The number of esters is 1. The van der Waals surface area contributed by atoms with E-state index in [4.69, 9.17) is 17.0 Å². The van der Waals surface area contributed by atoms with Crippen molar-refractivity contribution < 1.29 is 17.9 Å². The second kappa shape index (κ2) is 10.5. The molecule has 9 nitrogen and oxygen atoms in total. The number of methoxy groups -OCH3 is 1. The first-order chi connectivity index (χ1) is 18.7. The molecule has 0 spiro atoms. The van der Waals surface area contributed by atoms with Gasteiger partial charge in [0, 0.05) is 29.5 Å². The molecule has 0 amide bonds. The molecular weight excluding hydrogens is 534 g/mol. The van der Waals surface area contributed by atoms with Gasteiger partial charge in [-0.1, -0.05) is 6.07 Å². The van der Waals surface area contributed by atoms with Crippen molar-refractivity contribution in [1.29, 1.82) is 0 Å². The smallest absolute Gasteiger partial charge is 0.337 e. The van der Waals surface area contributed by atoms with Crippen LogP contribution in [0.5, 0.6) is 0 Å². The van der Waals surface area contributed by atoms with E-state index in [-0.39, 0.29) is 12.1 Å². The summed E-state index contributed by atoms with van der Waals surface area (Å²) in [4.78, 5) is 18.6. The van der Waals surface area contributed by atoms with Crippen molar-refractivity contribution in [2.75, 3.05) is 23.0 Å². The molecule has 0 bridgehead atoms. The van der Waals surface area contributed by atoms with Crippen LogP contribution in [0.4, 0.5) is 11.4 Å². The summed E-state index contributed by atoms with van der Waals surface area (Å²) in [5.41, 5.74) is 5.17. The Bertz CT molecular complexity index is 1640. The lowest BCUT2D eigenvalue weighted by atomic mass is 10.00. The lowest BCUT2D eigenvalue weighted by Crippen LogP contribution is -2.30. The zero-order valence-corrected chi connectivity index (χ0v) is 23.2. The number of pyridine rings is 1. The lowest BCUT2D eigenvalue weighted by molar-refractivity contribution is 0.0600. The van der Waals surface area contributed by atoms with Gasteiger partial charge in [0.25, 0.3) is 0 Å². The van der Waals surface area contributed by atoms with Crippen LogP contribution in [0.1, 0.15) is 39.4 Å². The fourth-order valence-corrected chi connectivity index (χ4v) is 5.77. The highest BCUT2D eigenvalue weighted by atomic mass is 32.2. The standard InChI is InChI=1S/C28H27N5O4S2/c1-18-17-21(13-14-22(18)31-39(3,35)36)33-26(25(30-28(33)38)23-7-4-5-15-29-23)24-8-6-16-32(24)20-11-9-19(10-12-20)27(34)37-2/h4-17,25-26,31H,1-3H3,(H,30,38)/t25-,26+/m1/s1. The van der Waals surface area contributed by atoms with Crippen molar-refractivity contribution in [3.05, 3.63) is 108 Å². The summed E-state index contributed by atoms with van der Waals surface area (Å²) in [5.74, 6) is -0.398. The van der Waals surface area contributed by atoms with Crippen LogP contribution in [0.3, 0.4) is 0 Å². The Balaban J connectivity index is 1.60. The normalized spacial score (nSPS) is 17.1. The lowest BCUT2D eigenvalue weighted by Gasteiger charge is -2.29. The van der Waals surface area contributed by atoms with Gasteiger partial charge < -0.3 is 19.5 Å². The molecule has 2 aromatic heterocycles. The quantitative estimate of drug-likeness (QED) is 0.251. The van der Waals surface area contributed by atoms with Crippen molar-refractivity contribution in [2.45, 2.75) is 19.0 Å². The Hall–Kier alpha value is -4.22. The molecule has 1 saturated heterocycles. The molecule has 0 aliphatic carbocycles. The molecule has 39 heavy (non-hydrogen) atoms. The predicted octanol–water partition coefficient (Wildman–Crippen LogP) is 4.52. The molecule has 3 heterocycles. The van der Waals surface area contributed by atoms with Crippen LogP contribution in [-0.4, -0.2) is 42.4 Å². The molecule has 0 saturated carbocycles. The number of hydrogen-bond donors (Lipinski definition) is 2. The first-order valence-corrected chi connectivity index (χ1v) is 14.4. The zero-order valence-electron chi connectivity index (χ0n) is 21.5. The minimum atomic E-state index is -3.42. The van der Waals surface area contributed by atoms with Crippen LogP contribution in [0, 0.1) is 6.92 Å². The Labute approximate surface area is 232 Å². The molecule has 2 N–H and O–H groups in total. The molecule has 11 heteroatoms. The van der Waals surface area contributed by atoms with E-state index >= 15 is 0 Å². The Morgan fingerprint density at radius 1 is 1.05 bits per heavy atom. The molecule has 5 rings (SSSR count). The van der Waals surface area contributed by atoms with E-state index in [1.807, 2.05) is 72.6 Å². The third-order valence-corrected chi connectivity index (χ3v) is 7.44. The van der Waals surface area contributed by atoms with Gasteiger partial charge >= 0.3 is 5.97 Å². The number of thiocarbonyl (C=S) groups is 1. The van der Waals surface area contributed by atoms with Gasteiger partial charge in [0.1, 0.15) is 6.04 Å². The van der Waals surface area contributed by atoms with Crippen molar-refractivity contribution in [1.82, 2.24) is 14.9 Å². The third kappa shape index (κ3) is 5.36. The molecule has 0 unspecified atom stereocenters. The summed E-state index contributed by atoms with van der Waals surface area (Å²) in [5, 5.41) is 3.97. The maximum absolute atomic E-state index is 11.9. The van der Waals surface area contributed by atoms with E-state index < -0.39 is 16.0 Å². The summed E-state index contributed by atoms with van der Waals surface area (Å²) in [6.45, 7) is 1.85. The molecule has 1 fully saturated rings. The molecule has 200 valence electrons. The predicted molar refractivity (Wildman–Crippen MR) is 155 cm³/mol. The molecule has 4 aromatic rings. The number of ether oxygens (including phenoxy) is 1. The van der Waals surface area contributed by atoms with Crippen LogP contribution in [-0.2, 0) is 14.8 Å². The van der Waals surface area contributed by atoms with E-state index in [9.17, 15) is 13.2 Å². The summed E-state index contributed by atoms with van der Waals surface area (Å²) in [7, 11) is -2.07. The molecule has 2 aromatic carbocycles. The van der Waals surface area contributed by atoms with Crippen LogP contribution < -0.4 is 14.9 Å². The highest BCUT2D eigenvalue weighted by molar-refractivity contribution is 7.92. The summed E-state index contributed by atoms with van der Waals surface area (Å²) < 4.78 is 33.1. The van der Waals surface area contributed by atoms with Crippen LogP contribution in [0.2, 0.25) is 0 Å². The van der Waals surface area contributed by atoms with Crippen molar-refractivity contribution >= 4 is 44.7 Å². The van der Waals surface area contributed by atoms with E-state index in [1.54, 1.807) is 24.4 Å². The number of anilines is 2. The Morgan fingerprint density at radius 3 is 2.44 bits per heavy atom. The SMILES string of the molecule is COC(=O)c1ccc(-n2cccc2[C@H]2[C@@H](c3ccccn3)NC(=S)N2c2ccc(NS(C)(=O)=O)c(C)c2)cc1. The van der Waals surface area contributed by atoms with Gasteiger partial charge in [0.05, 0.1) is 36.4 Å². The average Bonchev–Trinajstić information content (AvgIpc) is 3.53.